The minimum Gasteiger partial charge on any atom is -0.292 e. The molecule has 8 rings (SSSR count). The van der Waals surface area contributed by atoms with Crippen LogP contribution in [0.4, 0.5) is 0 Å². The van der Waals surface area contributed by atoms with Crippen molar-refractivity contribution < 1.29 is 0 Å². The number of imidazole rings is 1. The SMILES string of the molecule is c1ccc(-n2c(-c3cccc(-c4cccc5c4ccc4ccc6ccccc6c45)c3)nc3ccccc32)cc1. The Morgan fingerprint density at radius 3 is 2.13 bits per heavy atom. The first kappa shape index (κ1) is 21.8. The lowest BCUT2D eigenvalue weighted by Gasteiger charge is -2.13. The number of hydrogen-bond acceptors (Lipinski definition) is 1. The van der Waals surface area contributed by atoms with Crippen LogP contribution in [0.2, 0.25) is 0 Å². The lowest BCUT2D eigenvalue weighted by molar-refractivity contribution is 1.10. The van der Waals surface area contributed by atoms with Crippen LogP contribution >= 0.6 is 0 Å². The molecule has 1 heterocycles. The van der Waals surface area contributed by atoms with Crippen LogP contribution in [-0.4, -0.2) is 9.55 Å². The Hall–Kier alpha value is -5.21. The first-order valence-corrected chi connectivity index (χ1v) is 13.3. The lowest BCUT2D eigenvalue weighted by atomic mass is 9.92. The third-order valence-electron chi connectivity index (χ3n) is 7.77. The molecule has 0 bridgehead atoms. The van der Waals surface area contributed by atoms with Gasteiger partial charge in [-0.15, -0.1) is 0 Å². The normalized spacial score (nSPS) is 11.6. The number of rotatable bonds is 3. The summed E-state index contributed by atoms with van der Waals surface area (Å²) in [6.07, 6.45) is 0. The highest BCUT2D eigenvalue weighted by Crippen LogP contribution is 2.38. The molecule has 7 aromatic carbocycles. The van der Waals surface area contributed by atoms with Gasteiger partial charge in [-0.1, -0.05) is 115 Å². The summed E-state index contributed by atoms with van der Waals surface area (Å²) in [5.74, 6) is 0.945. The molecular weight excluding hydrogens is 472 g/mol. The standard InChI is InChI=1S/C37H24N2/c1-2-13-29(14-3-1)39-35-19-7-6-18-34(35)38-37(39)28-12-8-11-27(24-28)30-16-9-17-33-32(30)23-22-26-21-20-25-10-4-5-15-31(25)36(26)33/h1-24H. The lowest BCUT2D eigenvalue weighted by Crippen LogP contribution is -1.97. The van der Waals surface area contributed by atoms with E-state index in [0.717, 1.165) is 28.1 Å². The van der Waals surface area contributed by atoms with Crippen molar-refractivity contribution in [3.05, 3.63) is 146 Å². The topological polar surface area (TPSA) is 17.8 Å². The second-order valence-electron chi connectivity index (χ2n) is 10.0. The van der Waals surface area contributed by atoms with Gasteiger partial charge in [0.05, 0.1) is 11.0 Å². The first-order valence-electron chi connectivity index (χ1n) is 13.3. The van der Waals surface area contributed by atoms with Gasteiger partial charge in [-0.2, -0.15) is 0 Å². The predicted octanol–water partition coefficient (Wildman–Crippen LogP) is 9.82. The van der Waals surface area contributed by atoms with Gasteiger partial charge in [0.2, 0.25) is 0 Å². The largest absolute Gasteiger partial charge is 0.292 e. The summed E-state index contributed by atoms with van der Waals surface area (Å²) in [6.45, 7) is 0. The van der Waals surface area contributed by atoms with Gasteiger partial charge in [-0.25, -0.2) is 4.98 Å². The second kappa shape index (κ2) is 8.68. The van der Waals surface area contributed by atoms with Gasteiger partial charge in [0.25, 0.3) is 0 Å². The average molecular weight is 497 g/mol. The van der Waals surface area contributed by atoms with Crippen LogP contribution in [0.3, 0.4) is 0 Å². The minimum absolute atomic E-state index is 0.945. The summed E-state index contributed by atoms with van der Waals surface area (Å²) in [5.41, 5.74) is 6.71. The van der Waals surface area contributed by atoms with Crippen molar-refractivity contribution in [1.29, 1.82) is 0 Å². The zero-order valence-corrected chi connectivity index (χ0v) is 21.3. The molecule has 0 aliphatic carbocycles. The van der Waals surface area contributed by atoms with Crippen LogP contribution in [0.15, 0.2) is 146 Å². The number of hydrogen-bond donors (Lipinski definition) is 0. The van der Waals surface area contributed by atoms with E-state index in [1.165, 1.54) is 43.4 Å². The van der Waals surface area contributed by atoms with Crippen LogP contribution in [-0.2, 0) is 0 Å². The Bertz CT molecular complexity index is 2170. The molecule has 0 saturated heterocycles. The fraction of sp³-hybridized carbons (Fsp3) is 0. The molecule has 0 atom stereocenters. The highest BCUT2D eigenvalue weighted by atomic mass is 15.1. The van der Waals surface area contributed by atoms with Crippen LogP contribution < -0.4 is 0 Å². The summed E-state index contributed by atoms with van der Waals surface area (Å²) in [7, 11) is 0. The smallest absolute Gasteiger partial charge is 0.145 e. The van der Waals surface area contributed by atoms with E-state index in [9.17, 15) is 0 Å². The summed E-state index contributed by atoms with van der Waals surface area (Å²) in [4.78, 5) is 5.09. The third-order valence-corrected chi connectivity index (χ3v) is 7.77. The summed E-state index contributed by atoms with van der Waals surface area (Å²) in [5, 5.41) is 7.68. The van der Waals surface area contributed by atoms with Gasteiger partial charge >= 0.3 is 0 Å². The Morgan fingerprint density at radius 1 is 0.462 bits per heavy atom. The van der Waals surface area contributed by atoms with Crippen molar-refractivity contribution in [3.8, 4) is 28.2 Å². The van der Waals surface area contributed by atoms with Gasteiger partial charge in [-0.05, 0) is 73.8 Å². The zero-order valence-electron chi connectivity index (χ0n) is 21.3. The fourth-order valence-corrected chi connectivity index (χ4v) is 6.00. The van der Waals surface area contributed by atoms with E-state index in [4.69, 9.17) is 4.98 Å². The number of para-hydroxylation sites is 3. The van der Waals surface area contributed by atoms with Crippen LogP contribution in [0.25, 0.3) is 71.6 Å². The molecule has 0 N–H and O–H groups in total. The molecule has 0 fully saturated rings. The molecular formula is C37H24N2. The monoisotopic (exact) mass is 496 g/mol. The van der Waals surface area contributed by atoms with Gasteiger partial charge in [0.15, 0.2) is 0 Å². The van der Waals surface area contributed by atoms with E-state index in [2.05, 4.69) is 150 Å². The molecule has 0 radical (unpaired) electrons. The zero-order chi connectivity index (χ0) is 25.8. The van der Waals surface area contributed by atoms with E-state index in [1.807, 2.05) is 0 Å². The van der Waals surface area contributed by atoms with Crippen LogP contribution in [0.5, 0.6) is 0 Å². The maximum absolute atomic E-state index is 5.09. The maximum atomic E-state index is 5.09. The Morgan fingerprint density at radius 2 is 1.18 bits per heavy atom. The van der Waals surface area contributed by atoms with Gasteiger partial charge in [-0.3, -0.25) is 4.57 Å². The fourth-order valence-electron chi connectivity index (χ4n) is 6.00. The van der Waals surface area contributed by atoms with Gasteiger partial charge in [0.1, 0.15) is 5.82 Å². The molecule has 2 nitrogen and oxygen atoms in total. The van der Waals surface area contributed by atoms with E-state index in [0.29, 0.717) is 0 Å². The molecule has 0 saturated carbocycles. The average Bonchev–Trinajstić information content (AvgIpc) is 3.41. The number of nitrogens with zero attached hydrogens (tertiary/aromatic N) is 2. The van der Waals surface area contributed by atoms with Crippen LogP contribution in [0, 0.1) is 0 Å². The molecule has 0 spiro atoms. The maximum Gasteiger partial charge on any atom is 0.145 e. The van der Waals surface area contributed by atoms with Crippen molar-refractivity contribution >= 4 is 43.4 Å². The van der Waals surface area contributed by atoms with E-state index >= 15 is 0 Å². The molecule has 8 aromatic rings. The molecule has 0 aliphatic heterocycles. The quantitative estimate of drug-likeness (QED) is 0.223. The Balaban J connectivity index is 1.36. The van der Waals surface area contributed by atoms with Gasteiger partial charge < -0.3 is 0 Å². The summed E-state index contributed by atoms with van der Waals surface area (Å²) < 4.78 is 2.26. The molecule has 1 aromatic heterocycles. The number of benzene rings is 7. The Kier molecular flexibility index (Phi) is 4.86. The van der Waals surface area contributed by atoms with E-state index < -0.39 is 0 Å². The predicted molar refractivity (Wildman–Crippen MR) is 164 cm³/mol. The van der Waals surface area contributed by atoms with Crippen molar-refractivity contribution in [2.45, 2.75) is 0 Å². The van der Waals surface area contributed by atoms with Crippen molar-refractivity contribution in [3.63, 3.8) is 0 Å². The van der Waals surface area contributed by atoms with Gasteiger partial charge in [0, 0.05) is 11.3 Å². The molecule has 39 heavy (non-hydrogen) atoms. The first-order chi connectivity index (χ1) is 19.3. The summed E-state index contributed by atoms with van der Waals surface area (Å²) >= 11 is 0. The van der Waals surface area contributed by atoms with Crippen molar-refractivity contribution in [1.82, 2.24) is 9.55 Å². The highest BCUT2D eigenvalue weighted by molar-refractivity contribution is 6.22. The minimum atomic E-state index is 0.945. The Labute approximate surface area is 226 Å². The van der Waals surface area contributed by atoms with E-state index in [1.54, 1.807) is 0 Å². The molecule has 2 heteroatoms. The molecule has 0 unspecified atom stereocenters. The number of fused-ring (bicyclic) bond motifs is 6. The summed E-state index contributed by atoms with van der Waals surface area (Å²) in [6, 6.07) is 52.0. The highest BCUT2D eigenvalue weighted by Gasteiger charge is 2.15. The molecule has 182 valence electrons. The molecule has 0 aliphatic rings. The van der Waals surface area contributed by atoms with E-state index in [-0.39, 0.29) is 0 Å². The second-order valence-corrected chi connectivity index (χ2v) is 10.0. The third kappa shape index (κ3) is 3.46. The molecule has 0 amide bonds. The van der Waals surface area contributed by atoms with Crippen molar-refractivity contribution in [2.75, 3.05) is 0 Å². The van der Waals surface area contributed by atoms with Crippen molar-refractivity contribution in [2.24, 2.45) is 0 Å². The number of aromatic nitrogens is 2. The van der Waals surface area contributed by atoms with Crippen LogP contribution in [0.1, 0.15) is 0 Å².